The molecular weight excluding hydrogens is 356 g/mol. The fraction of sp³-hybridized carbons (Fsp3) is 0.222. The fourth-order valence-electron chi connectivity index (χ4n) is 2.16. The van der Waals surface area contributed by atoms with Crippen LogP contribution in [0, 0.1) is 11.3 Å². The van der Waals surface area contributed by atoms with Crippen LogP contribution in [0.1, 0.15) is 19.6 Å². The van der Waals surface area contributed by atoms with Crippen LogP contribution in [0.2, 0.25) is 0 Å². The van der Waals surface area contributed by atoms with Gasteiger partial charge in [0.1, 0.15) is 23.2 Å². The van der Waals surface area contributed by atoms with E-state index in [9.17, 15) is 10.1 Å². The lowest BCUT2D eigenvalue weighted by atomic mass is 10.2. The van der Waals surface area contributed by atoms with Gasteiger partial charge in [-0.15, -0.1) is 0 Å². The zero-order valence-electron chi connectivity index (χ0n) is 13.0. The first-order valence-electron chi connectivity index (χ1n) is 7.35. The number of carbonyl (C=O) groups excluding carboxylic acids is 1. The number of carbonyl (C=O) groups is 1. The molecule has 0 atom stereocenters. The average molecular weight is 373 g/mol. The molecule has 0 aliphatic carbocycles. The van der Waals surface area contributed by atoms with Crippen LogP contribution < -0.4 is 0 Å². The van der Waals surface area contributed by atoms with E-state index in [2.05, 4.69) is 15.9 Å². The van der Waals surface area contributed by atoms with E-state index in [1.165, 1.54) is 6.08 Å². The fourth-order valence-corrected chi connectivity index (χ4v) is 2.43. The van der Waals surface area contributed by atoms with Crippen molar-refractivity contribution in [3.63, 3.8) is 0 Å². The number of hydrogen-bond donors (Lipinski definition) is 0. The number of furan rings is 1. The molecule has 0 N–H and O–H groups in total. The molecule has 0 unspecified atom stereocenters. The minimum Gasteiger partial charge on any atom is -0.457 e. The zero-order valence-corrected chi connectivity index (χ0v) is 14.6. The molecule has 1 heterocycles. The van der Waals surface area contributed by atoms with Gasteiger partial charge in [-0.3, -0.25) is 4.79 Å². The first-order chi connectivity index (χ1) is 11.1. The number of hydrogen-bond acceptors (Lipinski definition) is 3. The number of amides is 1. The van der Waals surface area contributed by atoms with Gasteiger partial charge in [0.15, 0.2) is 0 Å². The average Bonchev–Trinajstić information content (AvgIpc) is 3.03. The lowest BCUT2D eigenvalue weighted by molar-refractivity contribution is -0.126. The zero-order chi connectivity index (χ0) is 16.8. The lowest BCUT2D eigenvalue weighted by Crippen LogP contribution is -2.31. The van der Waals surface area contributed by atoms with Crippen molar-refractivity contribution in [2.45, 2.75) is 13.8 Å². The molecule has 0 aliphatic rings. The van der Waals surface area contributed by atoms with E-state index in [0.717, 1.165) is 10.0 Å². The molecule has 2 rings (SSSR count). The van der Waals surface area contributed by atoms with Crippen LogP contribution in [0.3, 0.4) is 0 Å². The predicted molar refractivity (Wildman–Crippen MR) is 93.4 cm³/mol. The third kappa shape index (κ3) is 4.11. The molecule has 5 heteroatoms. The molecule has 2 aromatic rings. The normalized spacial score (nSPS) is 11.1. The minimum atomic E-state index is -0.279. The third-order valence-corrected chi connectivity index (χ3v) is 3.97. The number of benzene rings is 1. The molecule has 0 bridgehead atoms. The number of rotatable bonds is 5. The number of nitrogens with zero attached hydrogens (tertiary/aromatic N) is 2. The van der Waals surface area contributed by atoms with Gasteiger partial charge >= 0.3 is 0 Å². The van der Waals surface area contributed by atoms with E-state index < -0.39 is 0 Å². The maximum Gasteiger partial charge on any atom is 0.264 e. The summed E-state index contributed by atoms with van der Waals surface area (Å²) in [5.74, 6) is 0.899. The van der Waals surface area contributed by atoms with Crippen LogP contribution in [0.15, 0.2) is 50.9 Å². The summed E-state index contributed by atoms with van der Waals surface area (Å²) < 4.78 is 6.72. The Balaban J connectivity index is 2.27. The minimum absolute atomic E-state index is 0.0745. The van der Waals surface area contributed by atoms with Gasteiger partial charge in [0.05, 0.1) is 0 Å². The Morgan fingerprint density at radius 1 is 1.22 bits per heavy atom. The van der Waals surface area contributed by atoms with Crippen molar-refractivity contribution in [1.82, 2.24) is 4.90 Å². The van der Waals surface area contributed by atoms with E-state index in [0.29, 0.717) is 24.6 Å². The smallest absolute Gasteiger partial charge is 0.264 e. The molecule has 118 valence electrons. The number of nitriles is 1. The molecule has 0 saturated heterocycles. The quantitative estimate of drug-likeness (QED) is 0.573. The van der Waals surface area contributed by atoms with Crippen LogP contribution >= 0.6 is 15.9 Å². The first-order valence-corrected chi connectivity index (χ1v) is 8.15. The molecule has 0 fully saturated rings. The summed E-state index contributed by atoms with van der Waals surface area (Å²) in [5, 5.41) is 9.24. The van der Waals surface area contributed by atoms with Crippen molar-refractivity contribution in [3.8, 4) is 17.4 Å². The summed E-state index contributed by atoms with van der Waals surface area (Å²) in [6.45, 7) is 4.90. The second kappa shape index (κ2) is 7.80. The summed E-state index contributed by atoms with van der Waals surface area (Å²) in [6.07, 6.45) is 1.49. The van der Waals surface area contributed by atoms with Gasteiger partial charge in [0, 0.05) is 29.2 Å². The van der Waals surface area contributed by atoms with Gasteiger partial charge < -0.3 is 9.32 Å². The monoisotopic (exact) mass is 372 g/mol. The Morgan fingerprint density at radius 3 is 2.43 bits per heavy atom. The molecule has 4 nitrogen and oxygen atoms in total. The summed E-state index contributed by atoms with van der Waals surface area (Å²) in [6, 6.07) is 13.3. The Kier molecular flexibility index (Phi) is 5.78. The number of halogens is 1. The van der Waals surface area contributed by atoms with E-state index in [1.807, 2.05) is 50.2 Å². The summed E-state index contributed by atoms with van der Waals surface area (Å²) in [4.78, 5) is 13.8. The molecule has 0 aliphatic heterocycles. The Bertz CT molecular complexity index is 750. The van der Waals surface area contributed by atoms with Crippen molar-refractivity contribution >= 4 is 27.9 Å². The summed E-state index contributed by atoms with van der Waals surface area (Å²) >= 11 is 3.39. The highest BCUT2D eigenvalue weighted by Gasteiger charge is 2.16. The Morgan fingerprint density at radius 2 is 1.87 bits per heavy atom. The number of likely N-dealkylation sites (N-methyl/N-ethyl adjacent to an activating group) is 1. The van der Waals surface area contributed by atoms with Gasteiger partial charge in [-0.05, 0) is 38.1 Å². The van der Waals surface area contributed by atoms with Gasteiger partial charge in [0.25, 0.3) is 5.91 Å². The van der Waals surface area contributed by atoms with Gasteiger partial charge in [0.2, 0.25) is 0 Å². The van der Waals surface area contributed by atoms with Gasteiger partial charge in [-0.25, -0.2) is 0 Å². The van der Waals surface area contributed by atoms with Gasteiger partial charge in [-0.2, -0.15) is 5.26 Å². The highest BCUT2D eigenvalue weighted by Crippen LogP contribution is 2.25. The predicted octanol–water partition coefficient (Wildman–Crippen LogP) is 4.48. The molecule has 1 amide bonds. The maximum atomic E-state index is 12.2. The van der Waals surface area contributed by atoms with Crippen molar-refractivity contribution < 1.29 is 9.21 Å². The van der Waals surface area contributed by atoms with Crippen LogP contribution in [0.25, 0.3) is 17.4 Å². The maximum absolute atomic E-state index is 12.2. The van der Waals surface area contributed by atoms with E-state index >= 15 is 0 Å². The van der Waals surface area contributed by atoms with Crippen LogP contribution in [-0.4, -0.2) is 23.9 Å². The first kappa shape index (κ1) is 17.0. The molecule has 23 heavy (non-hydrogen) atoms. The van der Waals surface area contributed by atoms with Gasteiger partial charge in [-0.1, -0.05) is 28.1 Å². The van der Waals surface area contributed by atoms with Crippen LogP contribution in [0.4, 0.5) is 0 Å². The third-order valence-electron chi connectivity index (χ3n) is 3.44. The van der Waals surface area contributed by atoms with E-state index in [1.54, 1.807) is 11.0 Å². The Labute approximate surface area is 144 Å². The second-order valence-electron chi connectivity index (χ2n) is 4.86. The highest BCUT2D eigenvalue weighted by atomic mass is 79.9. The summed E-state index contributed by atoms with van der Waals surface area (Å²) in [7, 11) is 0. The van der Waals surface area contributed by atoms with Crippen molar-refractivity contribution in [2.24, 2.45) is 0 Å². The van der Waals surface area contributed by atoms with Crippen molar-refractivity contribution in [1.29, 1.82) is 5.26 Å². The molecule has 0 spiro atoms. The molecule has 1 aromatic carbocycles. The van der Waals surface area contributed by atoms with Crippen LogP contribution in [-0.2, 0) is 4.79 Å². The van der Waals surface area contributed by atoms with E-state index in [4.69, 9.17) is 4.42 Å². The second-order valence-corrected chi connectivity index (χ2v) is 5.77. The van der Waals surface area contributed by atoms with E-state index in [-0.39, 0.29) is 11.5 Å². The topological polar surface area (TPSA) is 57.2 Å². The highest BCUT2D eigenvalue weighted by molar-refractivity contribution is 9.10. The SMILES string of the molecule is CCN(CC)C(=O)C(C#N)=Cc1ccc(-c2ccc(Br)cc2)o1. The lowest BCUT2D eigenvalue weighted by Gasteiger charge is -2.17. The molecular formula is C18H17BrN2O2. The van der Waals surface area contributed by atoms with Crippen molar-refractivity contribution in [3.05, 3.63) is 52.2 Å². The Hall–Kier alpha value is -2.32. The molecule has 0 saturated carbocycles. The van der Waals surface area contributed by atoms with Crippen molar-refractivity contribution in [2.75, 3.05) is 13.1 Å². The largest absolute Gasteiger partial charge is 0.457 e. The van der Waals surface area contributed by atoms with Crippen LogP contribution in [0.5, 0.6) is 0 Å². The summed E-state index contributed by atoms with van der Waals surface area (Å²) in [5.41, 5.74) is 1.01. The molecule has 1 aromatic heterocycles. The molecule has 0 radical (unpaired) electrons. The standard InChI is InChI=1S/C18H17BrN2O2/c1-3-21(4-2)18(22)14(12-20)11-16-9-10-17(23-16)13-5-7-15(19)8-6-13/h5-11H,3-4H2,1-2H3.